The van der Waals surface area contributed by atoms with E-state index in [4.69, 9.17) is 6.57 Å². The predicted molar refractivity (Wildman–Crippen MR) is 99.3 cm³/mol. The molecule has 9 heteroatoms. The molecule has 0 bridgehead atoms. The Kier molecular flexibility index (Phi) is 5.15. The minimum Gasteiger partial charge on any atom is -0.380 e. The van der Waals surface area contributed by atoms with Gasteiger partial charge >= 0.3 is 6.18 Å². The number of halogens is 3. The van der Waals surface area contributed by atoms with Crippen LogP contribution in [0.1, 0.15) is 23.6 Å². The van der Waals surface area contributed by atoms with Gasteiger partial charge in [0.05, 0.1) is 24.2 Å². The second kappa shape index (κ2) is 7.29. The number of Topliss-reactive ketones (excluding diaryl/α,β-unsaturated/α-hetero) is 1. The zero-order chi connectivity index (χ0) is 21.4. The van der Waals surface area contributed by atoms with Gasteiger partial charge in [0.25, 0.3) is 0 Å². The molecule has 0 fully saturated rings. The fourth-order valence-corrected chi connectivity index (χ4v) is 2.97. The van der Waals surface area contributed by atoms with Gasteiger partial charge in [0.2, 0.25) is 0 Å². The van der Waals surface area contributed by atoms with E-state index >= 15 is 0 Å². The highest BCUT2D eigenvalue weighted by atomic mass is 19.4. The molecule has 1 heterocycles. The highest BCUT2D eigenvalue weighted by Gasteiger charge is 2.33. The van der Waals surface area contributed by atoms with Crippen molar-refractivity contribution in [3.63, 3.8) is 0 Å². The molecule has 0 amide bonds. The van der Waals surface area contributed by atoms with Crippen molar-refractivity contribution in [1.29, 1.82) is 0 Å². The zero-order valence-corrected chi connectivity index (χ0v) is 15.7. The second-order valence-corrected chi connectivity index (χ2v) is 7.05. The molecule has 0 saturated carbocycles. The Hall–Kier alpha value is -3.25. The lowest BCUT2D eigenvalue weighted by molar-refractivity contribution is -0.137. The van der Waals surface area contributed by atoms with Crippen molar-refractivity contribution in [2.24, 2.45) is 0 Å². The number of aliphatic hydroxyl groups is 1. The van der Waals surface area contributed by atoms with E-state index in [1.165, 1.54) is 17.7 Å². The van der Waals surface area contributed by atoms with E-state index in [0.717, 1.165) is 17.7 Å². The molecule has 0 radical (unpaired) electrons. The molecular weight excluding hydrogens is 385 g/mol. The van der Waals surface area contributed by atoms with E-state index in [2.05, 4.69) is 15.2 Å². The molecule has 3 aromatic rings. The average molecular weight is 402 g/mol. The summed E-state index contributed by atoms with van der Waals surface area (Å²) in [6, 6.07) is 7.97. The summed E-state index contributed by atoms with van der Waals surface area (Å²) in [5, 5.41) is 18.2. The van der Waals surface area contributed by atoms with E-state index in [9.17, 15) is 23.1 Å². The lowest BCUT2D eigenvalue weighted by Crippen LogP contribution is -2.41. The lowest BCUT2D eigenvalue weighted by Gasteiger charge is -2.22. The van der Waals surface area contributed by atoms with Crippen molar-refractivity contribution >= 4 is 22.5 Å². The van der Waals surface area contributed by atoms with Gasteiger partial charge in [-0.25, -0.2) is 9.53 Å². The number of carbonyl (C=O) groups is 1. The van der Waals surface area contributed by atoms with Crippen LogP contribution in [-0.4, -0.2) is 31.5 Å². The predicted octanol–water partition coefficient (Wildman–Crippen LogP) is 3.87. The topological polar surface area (TPSA) is 72.4 Å². The van der Waals surface area contributed by atoms with Gasteiger partial charge in [-0.2, -0.15) is 13.2 Å². The minimum atomic E-state index is -4.50. The van der Waals surface area contributed by atoms with Crippen LogP contribution in [-0.2, 0) is 23.9 Å². The maximum Gasteiger partial charge on any atom is 0.416 e. The zero-order valence-electron chi connectivity index (χ0n) is 15.7. The molecule has 1 N–H and O–H groups in total. The van der Waals surface area contributed by atoms with Crippen LogP contribution >= 0.6 is 0 Å². The van der Waals surface area contributed by atoms with Gasteiger partial charge in [-0.05, 0) is 43.2 Å². The summed E-state index contributed by atoms with van der Waals surface area (Å²) in [5.41, 5.74) is -0.489. The van der Waals surface area contributed by atoms with Crippen LogP contribution in [0.5, 0.6) is 0 Å². The number of aryl methyl sites for hydroxylation is 1. The monoisotopic (exact) mass is 402 g/mol. The summed E-state index contributed by atoms with van der Waals surface area (Å²) < 4.78 is 39.7. The molecule has 150 valence electrons. The molecule has 0 aliphatic rings. The summed E-state index contributed by atoms with van der Waals surface area (Å²) >= 11 is 0. The van der Waals surface area contributed by atoms with Gasteiger partial charge in [-0.3, -0.25) is 4.79 Å². The Bertz CT molecular complexity index is 1130. The highest BCUT2D eigenvalue weighted by molar-refractivity contribution is 5.89. The molecule has 2 aromatic carbocycles. The quantitative estimate of drug-likeness (QED) is 0.658. The summed E-state index contributed by atoms with van der Waals surface area (Å²) in [4.78, 5) is 16.0. The number of hydrogen-bond acceptors (Lipinski definition) is 4. The standard InChI is InChI=1S/C20H17F3N4O2/c1-12-8-13(4-6-15(12)24-3)9-18(28)19(2,29)11-27-17-7-5-14(20(21,22)23)10-16(17)25-26-27/h4-8,10,29H,9,11H2,1-2H3/t19-/m0/s1. The second-order valence-electron chi connectivity index (χ2n) is 7.05. The SMILES string of the molecule is [C-]#[N+]c1ccc(CC(=O)[C@@](C)(O)Cn2nnc3cc(C(F)(F)F)ccc32)cc1C. The van der Waals surface area contributed by atoms with Gasteiger partial charge in [-0.15, -0.1) is 5.10 Å². The van der Waals surface area contributed by atoms with Crippen molar-refractivity contribution in [1.82, 2.24) is 15.0 Å². The fourth-order valence-electron chi connectivity index (χ4n) is 2.97. The van der Waals surface area contributed by atoms with Gasteiger partial charge in [0.1, 0.15) is 11.1 Å². The third-order valence-electron chi connectivity index (χ3n) is 4.65. The van der Waals surface area contributed by atoms with Crippen LogP contribution < -0.4 is 0 Å². The molecule has 0 aliphatic heterocycles. The summed E-state index contributed by atoms with van der Waals surface area (Å²) in [5.74, 6) is -0.483. The molecule has 29 heavy (non-hydrogen) atoms. The summed E-state index contributed by atoms with van der Waals surface area (Å²) in [6.45, 7) is 9.89. The van der Waals surface area contributed by atoms with E-state index in [-0.39, 0.29) is 24.0 Å². The first-order valence-corrected chi connectivity index (χ1v) is 8.64. The smallest absolute Gasteiger partial charge is 0.380 e. The molecule has 0 aliphatic carbocycles. The van der Waals surface area contributed by atoms with Crippen LogP contribution in [0.15, 0.2) is 36.4 Å². The number of rotatable bonds is 5. The fraction of sp³-hybridized carbons (Fsp3) is 0.300. The average Bonchev–Trinajstić information content (AvgIpc) is 3.03. The number of aromatic nitrogens is 3. The van der Waals surface area contributed by atoms with Crippen LogP contribution in [0.25, 0.3) is 15.9 Å². The normalized spacial score (nSPS) is 13.8. The first kappa shape index (κ1) is 20.5. The van der Waals surface area contributed by atoms with Crippen LogP contribution in [0.3, 0.4) is 0 Å². The van der Waals surface area contributed by atoms with Crippen LogP contribution in [0, 0.1) is 13.5 Å². The van der Waals surface area contributed by atoms with Crippen LogP contribution in [0.4, 0.5) is 18.9 Å². The van der Waals surface area contributed by atoms with Crippen molar-refractivity contribution < 1.29 is 23.1 Å². The van der Waals surface area contributed by atoms with Crippen molar-refractivity contribution in [3.05, 3.63) is 64.5 Å². The van der Waals surface area contributed by atoms with E-state index in [1.54, 1.807) is 25.1 Å². The first-order valence-electron chi connectivity index (χ1n) is 8.64. The number of nitrogens with zero attached hydrogens (tertiary/aromatic N) is 4. The van der Waals surface area contributed by atoms with Crippen LogP contribution in [0.2, 0.25) is 0 Å². The third-order valence-corrected chi connectivity index (χ3v) is 4.65. The third kappa shape index (κ3) is 4.27. The number of carbonyl (C=O) groups excluding carboxylic acids is 1. The first-order chi connectivity index (χ1) is 13.5. The number of fused-ring (bicyclic) bond motifs is 1. The van der Waals surface area contributed by atoms with Crippen molar-refractivity contribution in [2.45, 2.75) is 38.6 Å². The van der Waals surface area contributed by atoms with Crippen molar-refractivity contribution in [2.75, 3.05) is 0 Å². The molecule has 0 spiro atoms. The molecule has 3 rings (SSSR count). The molecule has 0 unspecified atom stereocenters. The molecule has 0 saturated heterocycles. The number of alkyl halides is 3. The maximum atomic E-state index is 12.8. The number of hydrogen-bond donors (Lipinski definition) is 1. The summed E-state index contributed by atoms with van der Waals surface area (Å²) in [7, 11) is 0. The molecule has 1 atom stereocenters. The largest absolute Gasteiger partial charge is 0.416 e. The van der Waals surface area contributed by atoms with Crippen molar-refractivity contribution in [3.8, 4) is 0 Å². The Morgan fingerprint density at radius 2 is 1.97 bits per heavy atom. The molecular formula is C20H17F3N4O2. The summed E-state index contributed by atoms with van der Waals surface area (Å²) in [6.07, 6.45) is -4.56. The van der Waals surface area contributed by atoms with Gasteiger partial charge < -0.3 is 5.11 Å². The van der Waals surface area contributed by atoms with Gasteiger partial charge in [0.15, 0.2) is 11.5 Å². The number of ketones is 1. The van der Waals surface area contributed by atoms with Gasteiger partial charge in [-0.1, -0.05) is 23.4 Å². The van der Waals surface area contributed by atoms with Gasteiger partial charge in [0, 0.05) is 6.42 Å². The Morgan fingerprint density at radius 1 is 1.24 bits per heavy atom. The Morgan fingerprint density at radius 3 is 2.59 bits per heavy atom. The molecule has 1 aromatic heterocycles. The van der Waals surface area contributed by atoms with E-state index < -0.39 is 23.1 Å². The minimum absolute atomic E-state index is 0.0217. The lowest BCUT2D eigenvalue weighted by atomic mass is 9.94. The number of benzene rings is 2. The Balaban J connectivity index is 1.80. The maximum absolute atomic E-state index is 12.8. The highest BCUT2D eigenvalue weighted by Crippen LogP contribution is 2.31. The van der Waals surface area contributed by atoms with E-state index in [1.807, 2.05) is 0 Å². The molecule has 6 nitrogen and oxygen atoms in total. The Labute approximate surface area is 164 Å². The van der Waals surface area contributed by atoms with E-state index in [0.29, 0.717) is 11.3 Å².